The van der Waals surface area contributed by atoms with Crippen LogP contribution in [0.5, 0.6) is 17.2 Å². The monoisotopic (exact) mass is 452 g/mol. The molecule has 0 aliphatic heterocycles. The summed E-state index contributed by atoms with van der Waals surface area (Å²) in [5, 5.41) is 4.46. The largest absolute Gasteiger partial charge is 0.493 e. The van der Waals surface area contributed by atoms with Crippen molar-refractivity contribution in [3.05, 3.63) is 53.6 Å². The Labute approximate surface area is 183 Å². The second kappa shape index (κ2) is 11.1. The van der Waals surface area contributed by atoms with Crippen LogP contribution in [0.15, 0.2) is 42.5 Å². The third kappa shape index (κ3) is 7.53. The summed E-state index contributed by atoms with van der Waals surface area (Å²) in [4.78, 5) is 23.8. The second-order valence-corrected chi connectivity index (χ2v) is 6.55. The minimum atomic E-state index is -4.46. The number of benzene rings is 2. The van der Waals surface area contributed by atoms with Gasteiger partial charge in [-0.2, -0.15) is 13.2 Å². The van der Waals surface area contributed by atoms with Gasteiger partial charge in [0.1, 0.15) is 6.54 Å². The maximum Gasteiger partial charge on any atom is 0.405 e. The van der Waals surface area contributed by atoms with Gasteiger partial charge >= 0.3 is 6.18 Å². The third-order valence-electron chi connectivity index (χ3n) is 4.19. The minimum absolute atomic E-state index is 0.203. The highest BCUT2D eigenvalue weighted by Gasteiger charge is 2.27. The molecule has 2 aromatic rings. The molecule has 0 saturated heterocycles. The van der Waals surface area contributed by atoms with Gasteiger partial charge in [-0.05, 0) is 41.5 Å². The van der Waals surface area contributed by atoms with E-state index in [4.69, 9.17) is 14.2 Å². The van der Waals surface area contributed by atoms with Crippen LogP contribution in [0, 0.1) is 0 Å². The predicted octanol–water partition coefficient (Wildman–Crippen LogP) is 3.59. The van der Waals surface area contributed by atoms with E-state index in [1.165, 1.54) is 27.4 Å². The Morgan fingerprint density at radius 3 is 2.06 bits per heavy atom. The molecule has 2 rings (SSSR count). The van der Waals surface area contributed by atoms with Gasteiger partial charge in [0.05, 0.1) is 27.8 Å². The van der Waals surface area contributed by atoms with Crippen LogP contribution in [0.4, 0.5) is 18.9 Å². The molecule has 2 amide bonds. The maximum atomic E-state index is 12.2. The van der Waals surface area contributed by atoms with Crippen LogP contribution in [0.3, 0.4) is 0 Å². The molecule has 0 fully saturated rings. The molecule has 2 N–H and O–H groups in total. The normalized spacial score (nSPS) is 11.2. The van der Waals surface area contributed by atoms with E-state index in [1.54, 1.807) is 47.8 Å². The number of amides is 2. The lowest BCUT2D eigenvalue weighted by Crippen LogP contribution is -2.34. The van der Waals surface area contributed by atoms with Gasteiger partial charge in [0.25, 0.3) is 0 Å². The minimum Gasteiger partial charge on any atom is -0.493 e. The number of carbonyl (C=O) groups is 2. The van der Waals surface area contributed by atoms with Gasteiger partial charge in [-0.25, -0.2) is 0 Å². The molecule has 0 heterocycles. The van der Waals surface area contributed by atoms with Gasteiger partial charge in [0.2, 0.25) is 17.6 Å². The lowest BCUT2D eigenvalue weighted by Gasteiger charge is -2.12. The van der Waals surface area contributed by atoms with Crippen molar-refractivity contribution in [2.24, 2.45) is 0 Å². The summed E-state index contributed by atoms with van der Waals surface area (Å²) >= 11 is 0. The number of hydrogen-bond acceptors (Lipinski definition) is 5. The molecule has 0 unspecified atom stereocenters. The van der Waals surface area contributed by atoms with Crippen molar-refractivity contribution in [3.8, 4) is 17.2 Å². The second-order valence-electron chi connectivity index (χ2n) is 6.55. The van der Waals surface area contributed by atoms with Crippen LogP contribution in [-0.2, 0) is 16.0 Å². The summed E-state index contributed by atoms with van der Waals surface area (Å²) in [6, 6.07) is 9.57. The number of ether oxygens (including phenoxy) is 3. The highest BCUT2D eigenvalue weighted by atomic mass is 19.4. The average molecular weight is 452 g/mol. The summed E-state index contributed by atoms with van der Waals surface area (Å²) < 4.78 is 52.2. The fraction of sp³-hybridized carbons (Fsp3) is 0.273. The van der Waals surface area contributed by atoms with Gasteiger partial charge in [0.15, 0.2) is 11.5 Å². The highest BCUT2D eigenvalue weighted by molar-refractivity contribution is 6.02. The van der Waals surface area contributed by atoms with Crippen molar-refractivity contribution >= 4 is 23.6 Å². The first-order valence-corrected chi connectivity index (χ1v) is 9.36. The number of methoxy groups -OCH3 is 3. The standard InChI is InChI=1S/C22H23F3N2O5/c1-30-17-10-15(11-18(31-2)21(17)32-3)6-9-19(28)27-16-7-4-14(5-8-16)12-20(29)26-13-22(23,24)25/h4-11H,12-13H2,1-3H3,(H,26,29)(H,27,28)/b9-6+. The fourth-order valence-electron chi connectivity index (χ4n) is 2.71. The van der Waals surface area contributed by atoms with Crippen molar-refractivity contribution in [3.63, 3.8) is 0 Å². The zero-order chi connectivity index (χ0) is 23.7. The van der Waals surface area contributed by atoms with Crippen molar-refractivity contribution in [2.45, 2.75) is 12.6 Å². The summed E-state index contributed by atoms with van der Waals surface area (Å²) in [7, 11) is 4.46. The SMILES string of the molecule is COc1cc(/C=C/C(=O)Nc2ccc(CC(=O)NCC(F)(F)F)cc2)cc(OC)c1OC. The molecule has 0 aliphatic carbocycles. The van der Waals surface area contributed by atoms with Gasteiger partial charge in [-0.1, -0.05) is 12.1 Å². The molecular weight excluding hydrogens is 429 g/mol. The van der Waals surface area contributed by atoms with E-state index in [-0.39, 0.29) is 6.42 Å². The molecule has 0 radical (unpaired) electrons. The quantitative estimate of drug-likeness (QED) is 0.568. The number of alkyl halides is 3. The van der Waals surface area contributed by atoms with E-state index in [1.807, 2.05) is 0 Å². The van der Waals surface area contributed by atoms with Crippen LogP contribution in [0.25, 0.3) is 6.08 Å². The van der Waals surface area contributed by atoms with Crippen molar-refractivity contribution in [1.82, 2.24) is 5.32 Å². The van der Waals surface area contributed by atoms with Crippen molar-refractivity contribution in [1.29, 1.82) is 0 Å². The molecule has 172 valence electrons. The van der Waals surface area contributed by atoms with Crippen LogP contribution >= 0.6 is 0 Å². The zero-order valence-electron chi connectivity index (χ0n) is 17.7. The number of anilines is 1. The molecule has 0 spiro atoms. The third-order valence-corrected chi connectivity index (χ3v) is 4.19. The van der Waals surface area contributed by atoms with Crippen LogP contribution in [0.2, 0.25) is 0 Å². The molecule has 0 saturated carbocycles. The first kappa shape index (κ1) is 24.6. The van der Waals surface area contributed by atoms with E-state index in [9.17, 15) is 22.8 Å². The van der Waals surface area contributed by atoms with E-state index in [0.717, 1.165) is 0 Å². The predicted molar refractivity (Wildman–Crippen MR) is 113 cm³/mol. The van der Waals surface area contributed by atoms with Crippen LogP contribution in [0.1, 0.15) is 11.1 Å². The van der Waals surface area contributed by atoms with Gasteiger partial charge < -0.3 is 24.8 Å². The molecule has 0 aliphatic rings. The summed E-state index contributed by atoms with van der Waals surface area (Å²) in [6.45, 7) is -1.38. The summed E-state index contributed by atoms with van der Waals surface area (Å²) in [6.07, 6.45) is -1.77. The van der Waals surface area contributed by atoms with Crippen LogP contribution in [-0.4, -0.2) is 45.9 Å². The van der Waals surface area contributed by atoms with Gasteiger partial charge in [0, 0.05) is 11.8 Å². The lowest BCUT2D eigenvalue weighted by atomic mass is 10.1. The molecule has 10 heteroatoms. The average Bonchev–Trinajstić information content (AvgIpc) is 2.76. The molecule has 0 aromatic heterocycles. The van der Waals surface area contributed by atoms with E-state index in [0.29, 0.717) is 34.1 Å². The molecule has 2 aromatic carbocycles. The van der Waals surface area contributed by atoms with E-state index in [2.05, 4.69) is 5.32 Å². The Morgan fingerprint density at radius 1 is 0.969 bits per heavy atom. The smallest absolute Gasteiger partial charge is 0.405 e. The van der Waals surface area contributed by atoms with Gasteiger partial charge in [-0.15, -0.1) is 0 Å². The summed E-state index contributed by atoms with van der Waals surface area (Å²) in [5.41, 5.74) is 1.62. The number of nitrogens with one attached hydrogen (secondary N) is 2. The molecule has 32 heavy (non-hydrogen) atoms. The first-order chi connectivity index (χ1) is 15.1. The fourth-order valence-corrected chi connectivity index (χ4v) is 2.71. The highest BCUT2D eigenvalue weighted by Crippen LogP contribution is 2.38. The maximum absolute atomic E-state index is 12.2. The number of hydrogen-bond donors (Lipinski definition) is 2. The lowest BCUT2D eigenvalue weighted by molar-refractivity contribution is -0.138. The Bertz CT molecular complexity index is 948. The molecular formula is C22H23F3N2O5. The van der Waals surface area contributed by atoms with Gasteiger partial charge in [-0.3, -0.25) is 9.59 Å². The number of rotatable bonds is 9. The molecule has 0 atom stereocenters. The van der Waals surface area contributed by atoms with Crippen molar-refractivity contribution in [2.75, 3.05) is 33.2 Å². The van der Waals surface area contributed by atoms with E-state index >= 15 is 0 Å². The Hall–Kier alpha value is -3.69. The Morgan fingerprint density at radius 2 is 1.56 bits per heavy atom. The first-order valence-electron chi connectivity index (χ1n) is 9.36. The van der Waals surface area contributed by atoms with E-state index < -0.39 is 24.5 Å². The van der Waals surface area contributed by atoms with Crippen LogP contribution < -0.4 is 24.8 Å². The zero-order valence-corrected chi connectivity index (χ0v) is 17.7. The number of halogens is 3. The topological polar surface area (TPSA) is 85.9 Å². The molecule has 7 nitrogen and oxygen atoms in total. The Kier molecular flexibility index (Phi) is 8.51. The summed E-state index contributed by atoms with van der Waals surface area (Å²) in [5.74, 6) is 0.175. The Balaban J connectivity index is 1.97. The molecule has 0 bridgehead atoms. The van der Waals surface area contributed by atoms with Crippen molar-refractivity contribution < 1.29 is 37.0 Å². The number of carbonyl (C=O) groups excluding carboxylic acids is 2.